The van der Waals surface area contributed by atoms with Gasteiger partial charge in [-0.05, 0) is 25.7 Å². The van der Waals surface area contributed by atoms with E-state index in [9.17, 15) is 4.79 Å². The summed E-state index contributed by atoms with van der Waals surface area (Å²) in [5.41, 5.74) is 1.24. The molecule has 1 aliphatic carbocycles. The zero-order chi connectivity index (χ0) is 8.43. The molecule has 0 aromatic carbocycles. The fourth-order valence-electron chi connectivity index (χ4n) is 1.69. The first-order chi connectivity index (χ1) is 5.11. The molecule has 1 aliphatic rings. The number of allylic oxidation sites excluding steroid dienone is 1. The Hall–Kier alpha value is -0.590. The molecule has 0 spiro atoms. The third kappa shape index (κ3) is 1.92. The molecule has 0 N–H and O–H groups in total. The predicted octanol–water partition coefficient (Wildman–Crippen LogP) is 2.57. The average molecular weight is 152 g/mol. The van der Waals surface area contributed by atoms with Crippen LogP contribution in [-0.2, 0) is 4.79 Å². The van der Waals surface area contributed by atoms with E-state index in [4.69, 9.17) is 0 Å². The van der Waals surface area contributed by atoms with E-state index in [1.807, 2.05) is 6.92 Å². The Morgan fingerprint density at radius 3 is 2.73 bits per heavy atom. The van der Waals surface area contributed by atoms with Crippen molar-refractivity contribution in [1.82, 2.24) is 0 Å². The topological polar surface area (TPSA) is 17.1 Å². The smallest absolute Gasteiger partial charge is 0.135 e. The lowest BCUT2D eigenvalue weighted by atomic mass is 9.79. The number of hydrogen-bond donors (Lipinski definition) is 0. The molecule has 1 nitrogen and oxygen atoms in total. The van der Waals surface area contributed by atoms with E-state index in [0.717, 1.165) is 19.3 Å². The lowest BCUT2D eigenvalue weighted by Gasteiger charge is -2.25. The van der Waals surface area contributed by atoms with Crippen molar-refractivity contribution in [2.24, 2.45) is 11.8 Å². The van der Waals surface area contributed by atoms with Crippen LogP contribution in [0.2, 0.25) is 0 Å². The van der Waals surface area contributed by atoms with Crippen molar-refractivity contribution in [3.8, 4) is 0 Å². The molecule has 1 heteroatoms. The first-order valence-corrected chi connectivity index (χ1v) is 4.29. The van der Waals surface area contributed by atoms with Crippen molar-refractivity contribution in [2.75, 3.05) is 0 Å². The van der Waals surface area contributed by atoms with E-state index in [-0.39, 0.29) is 5.92 Å². The van der Waals surface area contributed by atoms with Gasteiger partial charge in [0, 0.05) is 12.3 Å². The molecule has 2 atom stereocenters. The molecule has 1 saturated carbocycles. The highest BCUT2D eigenvalue weighted by atomic mass is 16.1. The second-order valence-electron chi connectivity index (χ2n) is 3.69. The summed E-state index contributed by atoms with van der Waals surface area (Å²) >= 11 is 0. The van der Waals surface area contributed by atoms with Gasteiger partial charge in [-0.3, -0.25) is 4.79 Å². The van der Waals surface area contributed by atoms with Crippen molar-refractivity contribution >= 4 is 5.78 Å². The summed E-state index contributed by atoms with van der Waals surface area (Å²) in [5.74, 6) is 1.30. The minimum absolute atomic E-state index is 0.269. The maximum atomic E-state index is 11.1. The summed E-state index contributed by atoms with van der Waals surface area (Å²) in [5, 5.41) is 0. The molecular weight excluding hydrogens is 136 g/mol. The third-order valence-electron chi connectivity index (χ3n) is 2.62. The molecule has 0 aliphatic heterocycles. The monoisotopic (exact) mass is 152 g/mol. The number of ketones is 1. The second-order valence-corrected chi connectivity index (χ2v) is 3.69. The Morgan fingerprint density at radius 2 is 2.27 bits per heavy atom. The third-order valence-corrected chi connectivity index (χ3v) is 2.62. The Labute approximate surface area is 68.5 Å². The minimum Gasteiger partial charge on any atom is -0.299 e. The summed E-state index contributed by atoms with van der Waals surface area (Å²) in [4.78, 5) is 11.1. The zero-order valence-corrected chi connectivity index (χ0v) is 7.39. The van der Waals surface area contributed by atoms with Gasteiger partial charge in [0.1, 0.15) is 5.78 Å². The van der Waals surface area contributed by atoms with Gasteiger partial charge in [0.25, 0.3) is 0 Å². The molecule has 0 saturated heterocycles. The van der Waals surface area contributed by atoms with Gasteiger partial charge in [-0.15, -0.1) is 0 Å². The SMILES string of the molecule is C=C(C)[C@H]1CCC(=O)[C@H](C)C1. The van der Waals surface area contributed by atoms with Crippen LogP contribution in [0, 0.1) is 11.8 Å². The van der Waals surface area contributed by atoms with Crippen LogP contribution >= 0.6 is 0 Å². The van der Waals surface area contributed by atoms with Gasteiger partial charge >= 0.3 is 0 Å². The largest absolute Gasteiger partial charge is 0.299 e. The molecule has 0 heterocycles. The van der Waals surface area contributed by atoms with E-state index in [0.29, 0.717) is 11.7 Å². The van der Waals surface area contributed by atoms with Gasteiger partial charge in [0.2, 0.25) is 0 Å². The van der Waals surface area contributed by atoms with Crippen molar-refractivity contribution in [1.29, 1.82) is 0 Å². The maximum Gasteiger partial charge on any atom is 0.135 e. The molecule has 0 radical (unpaired) electrons. The number of carbonyl (C=O) groups is 1. The van der Waals surface area contributed by atoms with Gasteiger partial charge in [-0.2, -0.15) is 0 Å². The normalized spacial score (nSPS) is 32.0. The fourth-order valence-corrected chi connectivity index (χ4v) is 1.69. The van der Waals surface area contributed by atoms with Crippen LogP contribution in [0.1, 0.15) is 33.1 Å². The van der Waals surface area contributed by atoms with E-state index < -0.39 is 0 Å². The van der Waals surface area contributed by atoms with Crippen LogP contribution in [0.5, 0.6) is 0 Å². The molecule has 1 fully saturated rings. The highest BCUT2D eigenvalue weighted by Gasteiger charge is 2.25. The highest BCUT2D eigenvalue weighted by molar-refractivity contribution is 5.81. The standard InChI is InChI=1S/C10H16O/c1-7(2)9-4-5-10(11)8(3)6-9/h8-9H,1,4-6H2,2-3H3/t8-,9+/m1/s1. The van der Waals surface area contributed by atoms with E-state index in [1.165, 1.54) is 5.57 Å². The molecule has 62 valence electrons. The average Bonchev–Trinajstić information content (AvgIpc) is 1.94. The molecule has 0 bridgehead atoms. The predicted molar refractivity (Wildman–Crippen MR) is 46.3 cm³/mol. The van der Waals surface area contributed by atoms with Crippen LogP contribution in [0.3, 0.4) is 0 Å². The van der Waals surface area contributed by atoms with Crippen molar-refractivity contribution in [3.63, 3.8) is 0 Å². The molecular formula is C10H16O. The maximum absolute atomic E-state index is 11.1. The lowest BCUT2D eigenvalue weighted by molar-refractivity contribution is -0.124. The van der Waals surface area contributed by atoms with Crippen LogP contribution < -0.4 is 0 Å². The Bertz CT molecular complexity index is 181. The summed E-state index contributed by atoms with van der Waals surface area (Å²) in [6, 6.07) is 0. The van der Waals surface area contributed by atoms with Gasteiger partial charge in [-0.1, -0.05) is 19.1 Å². The van der Waals surface area contributed by atoms with Gasteiger partial charge in [-0.25, -0.2) is 0 Å². The first kappa shape index (κ1) is 8.51. The number of rotatable bonds is 1. The quantitative estimate of drug-likeness (QED) is 0.528. The molecule has 1 rings (SSSR count). The number of hydrogen-bond acceptors (Lipinski definition) is 1. The molecule has 0 aromatic rings. The van der Waals surface area contributed by atoms with Crippen molar-refractivity contribution < 1.29 is 4.79 Å². The van der Waals surface area contributed by atoms with Crippen LogP contribution in [0.15, 0.2) is 12.2 Å². The summed E-state index contributed by atoms with van der Waals surface area (Å²) in [6.45, 7) is 8.01. The zero-order valence-electron chi connectivity index (χ0n) is 7.39. The molecule has 11 heavy (non-hydrogen) atoms. The van der Waals surface area contributed by atoms with Gasteiger partial charge in [0.05, 0.1) is 0 Å². The molecule has 0 amide bonds. The van der Waals surface area contributed by atoms with Gasteiger partial charge < -0.3 is 0 Å². The van der Waals surface area contributed by atoms with Crippen LogP contribution in [0.25, 0.3) is 0 Å². The second kappa shape index (κ2) is 3.21. The van der Waals surface area contributed by atoms with Crippen LogP contribution in [-0.4, -0.2) is 5.78 Å². The lowest BCUT2D eigenvalue weighted by Crippen LogP contribution is -2.22. The number of carbonyl (C=O) groups excluding carboxylic acids is 1. The Morgan fingerprint density at radius 1 is 1.64 bits per heavy atom. The summed E-state index contributed by atoms with van der Waals surface area (Å²) in [7, 11) is 0. The highest BCUT2D eigenvalue weighted by Crippen LogP contribution is 2.30. The van der Waals surface area contributed by atoms with Crippen molar-refractivity contribution in [2.45, 2.75) is 33.1 Å². The van der Waals surface area contributed by atoms with E-state index in [1.54, 1.807) is 0 Å². The summed E-state index contributed by atoms with van der Waals surface area (Å²) < 4.78 is 0. The Balaban J connectivity index is 2.52. The molecule has 0 aromatic heterocycles. The fraction of sp³-hybridized carbons (Fsp3) is 0.700. The van der Waals surface area contributed by atoms with E-state index >= 15 is 0 Å². The molecule has 0 unspecified atom stereocenters. The number of Topliss-reactive ketones (excluding diaryl/α,β-unsaturated/α-hetero) is 1. The van der Waals surface area contributed by atoms with Crippen LogP contribution in [0.4, 0.5) is 0 Å². The first-order valence-electron chi connectivity index (χ1n) is 4.29. The van der Waals surface area contributed by atoms with Crippen molar-refractivity contribution in [3.05, 3.63) is 12.2 Å². The Kier molecular flexibility index (Phi) is 2.48. The van der Waals surface area contributed by atoms with E-state index in [2.05, 4.69) is 13.5 Å². The van der Waals surface area contributed by atoms with Gasteiger partial charge in [0.15, 0.2) is 0 Å². The minimum atomic E-state index is 0.269. The summed E-state index contributed by atoms with van der Waals surface area (Å²) in [6.07, 6.45) is 2.81.